The predicted molar refractivity (Wildman–Crippen MR) is 129 cm³/mol. The molecule has 1 amide bonds. The summed E-state index contributed by atoms with van der Waals surface area (Å²) in [6.45, 7) is 3.59. The fourth-order valence-electron chi connectivity index (χ4n) is 4.85. The van der Waals surface area contributed by atoms with E-state index in [1.54, 1.807) is 24.1 Å². The fraction of sp³-hybridized carbons (Fsp3) is 0.440. The molecule has 1 aliphatic carbocycles. The minimum Gasteiger partial charge on any atom is -0.367 e. The zero-order valence-corrected chi connectivity index (χ0v) is 20.4. The minimum atomic E-state index is -0.476. The van der Waals surface area contributed by atoms with E-state index in [1.165, 1.54) is 6.07 Å². The Morgan fingerprint density at radius 1 is 1.17 bits per heavy atom. The summed E-state index contributed by atoms with van der Waals surface area (Å²) in [4.78, 5) is 26.2. The number of amides is 1. The molecule has 35 heavy (non-hydrogen) atoms. The summed E-state index contributed by atoms with van der Waals surface area (Å²) < 4.78 is 23.2. The molecule has 1 aromatic carbocycles. The number of fused-ring (bicyclic) bond motifs is 1. The number of hydrogen-bond acceptors (Lipinski definition) is 6. The molecule has 3 aromatic rings. The van der Waals surface area contributed by atoms with Crippen LogP contribution in [0.5, 0.6) is 0 Å². The van der Waals surface area contributed by atoms with E-state index in [0.29, 0.717) is 65.6 Å². The summed E-state index contributed by atoms with van der Waals surface area (Å²) in [5, 5.41) is 4.81. The molecule has 2 unspecified atom stereocenters. The lowest BCUT2D eigenvalue weighted by Gasteiger charge is -2.37. The first-order valence-corrected chi connectivity index (χ1v) is 12.3. The quantitative estimate of drug-likeness (QED) is 0.542. The Hall–Kier alpha value is -3.04. The third kappa shape index (κ3) is 4.16. The summed E-state index contributed by atoms with van der Waals surface area (Å²) in [5.41, 5.74) is 2.76. The smallest absolute Gasteiger partial charge is 0.272 e. The van der Waals surface area contributed by atoms with Crippen molar-refractivity contribution in [3.8, 4) is 11.3 Å². The summed E-state index contributed by atoms with van der Waals surface area (Å²) in [6, 6.07) is 5.01. The van der Waals surface area contributed by atoms with Crippen LogP contribution < -0.4 is 4.90 Å². The average molecular weight is 497 g/mol. The molecule has 4 heterocycles. The predicted octanol–water partition coefficient (Wildman–Crippen LogP) is 4.06. The lowest BCUT2D eigenvalue weighted by molar-refractivity contribution is -0.0179. The van der Waals surface area contributed by atoms with Gasteiger partial charge in [0.05, 0.1) is 30.6 Å². The molecule has 10 heteroatoms. The second kappa shape index (κ2) is 8.57. The highest BCUT2D eigenvalue weighted by molar-refractivity contribution is 6.30. The van der Waals surface area contributed by atoms with Gasteiger partial charge in [0.2, 0.25) is 5.95 Å². The number of halogens is 2. The summed E-state index contributed by atoms with van der Waals surface area (Å²) in [5.74, 6) is -0.267. The van der Waals surface area contributed by atoms with Crippen LogP contribution in [0.2, 0.25) is 5.02 Å². The maximum Gasteiger partial charge on any atom is 0.272 e. The van der Waals surface area contributed by atoms with Crippen LogP contribution in [0.4, 0.5) is 10.3 Å². The summed E-state index contributed by atoms with van der Waals surface area (Å²) in [7, 11) is 1.75. The van der Waals surface area contributed by atoms with Gasteiger partial charge in [0, 0.05) is 48.0 Å². The SMILES string of the molecule is CC1CN(c2nc3c(c(-c4ccc(Cl)cc4F)n2)CCN(C)C3=O)CC(c2cnn(C3CC3)c2)O1. The highest BCUT2D eigenvalue weighted by Gasteiger charge is 2.34. The van der Waals surface area contributed by atoms with E-state index in [-0.39, 0.29) is 18.1 Å². The van der Waals surface area contributed by atoms with Crippen LogP contribution in [-0.4, -0.2) is 63.3 Å². The molecule has 0 bridgehead atoms. The van der Waals surface area contributed by atoms with Crippen molar-refractivity contribution in [2.45, 2.75) is 44.4 Å². The number of hydrogen-bond donors (Lipinski definition) is 0. The Balaban J connectivity index is 1.40. The number of carbonyl (C=O) groups excluding carboxylic acids is 1. The molecule has 0 N–H and O–H groups in total. The summed E-state index contributed by atoms with van der Waals surface area (Å²) in [6.07, 6.45) is 6.48. The molecule has 2 aromatic heterocycles. The maximum absolute atomic E-state index is 15.0. The van der Waals surface area contributed by atoms with Crippen LogP contribution in [0, 0.1) is 5.82 Å². The molecular formula is C25H26ClFN6O2. The zero-order chi connectivity index (χ0) is 24.3. The first kappa shape index (κ1) is 22.4. The van der Waals surface area contributed by atoms with Crippen LogP contribution in [0.1, 0.15) is 53.5 Å². The highest BCUT2D eigenvalue weighted by Crippen LogP contribution is 2.37. The van der Waals surface area contributed by atoms with Crippen molar-refractivity contribution in [2.24, 2.45) is 0 Å². The molecular weight excluding hydrogens is 471 g/mol. The number of morpholine rings is 1. The normalized spacial score (nSPS) is 22.5. The van der Waals surface area contributed by atoms with E-state index >= 15 is 0 Å². The van der Waals surface area contributed by atoms with E-state index in [0.717, 1.165) is 18.4 Å². The van der Waals surface area contributed by atoms with Crippen LogP contribution in [0.15, 0.2) is 30.6 Å². The largest absolute Gasteiger partial charge is 0.367 e. The molecule has 6 rings (SSSR count). The molecule has 2 fully saturated rings. The lowest BCUT2D eigenvalue weighted by Crippen LogP contribution is -2.44. The number of carbonyl (C=O) groups is 1. The number of ether oxygens (including phenoxy) is 1. The second-order valence-corrected chi connectivity index (χ2v) is 10.1. The van der Waals surface area contributed by atoms with E-state index in [4.69, 9.17) is 26.3 Å². The van der Waals surface area contributed by atoms with Gasteiger partial charge < -0.3 is 14.5 Å². The molecule has 8 nitrogen and oxygen atoms in total. The fourth-order valence-corrected chi connectivity index (χ4v) is 5.01. The van der Waals surface area contributed by atoms with Crippen LogP contribution in [0.3, 0.4) is 0 Å². The molecule has 1 saturated carbocycles. The second-order valence-electron chi connectivity index (χ2n) is 9.63. The zero-order valence-electron chi connectivity index (χ0n) is 19.6. The van der Waals surface area contributed by atoms with Crippen molar-refractivity contribution < 1.29 is 13.9 Å². The number of rotatable bonds is 4. The Morgan fingerprint density at radius 3 is 2.74 bits per heavy atom. The maximum atomic E-state index is 15.0. The van der Waals surface area contributed by atoms with Crippen molar-refractivity contribution in [3.63, 3.8) is 0 Å². The van der Waals surface area contributed by atoms with Gasteiger partial charge in [-0.05, 0) is 44.4 Å². The number of aromatic nitrogens is 4. The van der Waals surface area contributed by atoms with Crippen molar-refractivity contribution in [2.75, 3.05) is 31.6 Å². The topological polar surface area (TPSA) is 76.4 Å². The van der Waals surface area contributed by atoms with E-state index < -0.39 is 5.82 Å². The third-order valence-corrected chi connectivity index (χ3v) is 7.12. The van der Waals surface area contributed by atoms with Crippen molar-refractivity contribution >= 4 is 23.5 Å². The van der Waals surface area contributed by atoms with Gasteiger partial charge in [0.1, 0.15) is 17.6 Å². The van der Waals surface area contributed by atoms with Gasteiger partial charge in [-0.25, -0.2) is 14.4 Å². The van der Waals surface area contributed by atoms with Crippen LogP contribution in [-0.2, 0) is 11.2 Å². The minimum absolute atomic E-state index is 0.0910. The van der Waals surface area contributed by atoms with E-state index in [9.17, 15) is 9.18 Å². The van der Waals surface area contributed by atoms with E-state index in [2.05, 4.69) is 11.3 Å². The van der Waals surface area contributed by atoms with Crippen LogP contribution >= 0.6 is 11.6 Å². The standard InChI is InChI=1S/C25H26ClFN6O2/c1-14-11-32(13-21(35-14)15-10-28-33(12-15)17-4-5-17)25-29-22(18-6-3-16(26)9-20(18)27)19-7-8-31(2)24(34)23(19)30-25/h3,6,9-10,12,14,17,21H,4-5,7-8,11,13H2,1-2H3. The summed E-state index contributed by atoms with van der Waals surface area (Å²) >= 11 is 6.00. The van der Waals surface area contributed by atoms with Gasteiger partial charge in [-0.3, -0.25) is 9.48 Å². The first-order chi connectivity index (χ1) is 16.9. The highest BCUT2D eigenvalue weighted by atomic mass is 35.5. The molecule has 0 spiro atoms. The number of anilines is 1. The third-order valence-electron chi connectivity index (χ3n) is 6.89. The molecule has 0 radical (unpaired) electrons. The number of nitrogens with zero attached hydrogens (tertiary/aromatic N) is 6. The number of likely N-dealkylation sites (N-methyl/N-ethyl adjacent to an activating group) is 1. The van der Waals surface area contributed by atoms with Crippen molar-refractivity contribution in [1.29, 1.82) is 0 Å². The van der Waals surface area contributed by atoms with Crippen molar-refractivity contribution in [3.05, 3.63) is 58.3 Å². The van der Waals surface area contributed by atoms with Gasteiger partial charge in [-0.15, -0.1) is 0 Å². The van der Waals surface area contributed by atoms with Gasteiger partial charge in [0.15, 0.2) is 0 Å². The van der Waals surface area contributed by atoms with Gasteiger partial charge >= 0.3 is 0 Å². The van der Waals surface area contributed by atoms with Gasteiger partial charge in [0.25, 0.3) is 5.91 Å². The van der Waals surface area contributed by atoms with E-state index in [1.807, 2.05) is 22.7 Å². The van der Waals surface area contributed by atoms with Crippen LogP contribution in [0.25, 0.3) is 11.3 Å². The molecule has 3 aliphatic rings. The molecule has 2 aliphatic heterocycles. The van der Waals surface area contributed by atoms with Gasteiger partial charge in [-0.1, -0.05) is 11.6 Å². The molecule has 1 saturated heterocycles. The molecule has 182 valence electrons. The number of benzene rings is 1. The Labute approximate surface area is 207 Å². The van der Waals surface area contributed by atoms with Crippen molar-refractivity contribution in [1.82, 2.24) is 24.6 Å². The lowest BCUT2D eigenvalue weighted by atomic mass is 9.98. The van der Waals surface area contributed by atoms with Gasteiger partial charge in [-0.2, -0.15) is 5.10 Å². The Bertz CT molecular complexity index is 1310. The average Bonchev–Trinajstić information content (AvgIpc) is 3.57. The first-order valence-electron chi connectivity index (χ1n) is 11.9. The monoisotopic (exact) mass is 496 g/mol. The molecule has 2 atom stereocenters. The Morgan fingerprint density at radius 2 is 1.97 bits per heavy atom. The Kier molecular flexibility index (Phi) is 5.49.